The van der Waals surface area contributed by atoms with Crippen LogP contribution in [0.3, 0.4) is 0 Å². The van der Waals surface area contributed by atoms with Crippen molar-refractivity contribution in [2.24, 2.45) is 0 Å². The molecule has 2 rings (SSSR count). The molecule has 0 heterocycles. The quantitative estimate of drug-likeness (QED) is 0.847. The van der Waals surface area contributed by atoms with Gasteiger partial charge in [-0.3, -0.25) is 4.72 Å². The summed E-state index contributed by atoms with van der Waals surface area (Å²) in [6.45, 7) is 3.36. The van der Waals surface area contributed by atoms with Gasteiger partial charge in [0.25, 0.3) is 10.0 Å². The zero-order chi connectivity index (χ0) is 15.8. The Labute approximate surface area is 127 Å². The highest BCUT2D eigenvalue weighted by atomic mass is 35.5. The highest BCUT2D eigenvalue weighted by molar-refractivity contribution is 7.92. The van der Waals surface area contributed by atoms with Crippen molar-refractivity contribution in [1.82, 2.24) is 0 Å². The molecule has 0 saturated heterocycles. The third-order valence-corrected chi connectivity index (χ3v) is 4.72. The third-order valence-electron chi connectivity index (χ3n) is 2.96. The van der Waals surface area contributed by atoms with E-state index in [0.29, 0.717) is 11.1 Å². The number of sulfonamides is 1. The van der Waals surface area contributed by atoms with Gasteiger partial charge in [-0.2, -0.15) is 0 Å². The molecule has 0 unspecified atom stereocenters. The zero-order valence-corrected chi connectivity index (χ0v) is 13.0. The second-order valence-corrected chi connectivity index (χ2v) is 6.83. The Kier molecular flexibility index (Phi) is 4.11. The molecule has 0 aliphatic rings. The van der Waals surface area contributed by atoms with Gasteiger partial charge in [-0.05, 0) is 55.3 Å². The SMILES string of the molecule is Cc1cc(F)cc(NS(=O)(=O)c2cc(N)c(C)c(Cl)c2)c1. The van der Waals surface area contributed by atoms with Gasteiger partial charge in [0.05, 0.1) is 10.6 Å². The Morgan fingerprint density at radius 2 is 1.81 bits per heavy atom. The first-order valence-corrected chi connectivity index (χ1v) is 7.91. The lowest BCUT2D eigenvalue weighted by molar-refractivity contribution is 0.601. The van der Waals surface area contributed by atoms with Crippen LogP contribution < -0.4 is 10.5 Å². The maximum Gasteiger partial charge on any atom is 0.262 e. The summed E-state index contributed by atoms with van der Waals surface area (Å²) in [5.74, 6) is -0.519. The molecule has 0 radical (unpaired) electrons. The number of anilines is 2. The molecule has 0 fully saturated rings. The monoisotopic (exact) mass is 328 g/mol. The lowest BCUT2D eigenvalue weighted by Crippen LogP contribution is -2.14. The number of hydrogen-bond acceptors (Lipinski definition) is 3. The van der Waals surface area contributed by atoms with Crippen molar-refractivity contribution in [3.05, 3.63) is 52.3 Å². The van der Waals surface area contributed by atoms with E-state index in [9.17, 15) is 12.8 Å². The molecule has 0 atom stereocenters. The minimum absolute atomic E-state index is 0.0717. The Morgan fingerprint density at radius 3 is 2.38 bits per heavy atom. The first kappa shape index (κ1) is 15.6. The standard InChI is InChI=1S/C14H14ClFN2O2S/c1-8-3-10(16)5-11(4-8)18-21(19,20)12-6-13(15)9(2)14(17)7-12/h3-7,18H,17H2,1-2H3. The Bertz CT molecular complexity index is 763. The summed E-state index contributed by atoms with van der Waals surface area (Å²) in [7, 11) is -3.89. The van der Waals surface area contributed by atoms with E-state index in [2.05, 4.69) is 4.72 Å². The summed E-state index contributed by atoms with van der Waals surface area (Å²) in [5, 5.41) is 0.255. The molecule has 0 amide bonds. The predicted molar refractivity (Wildman–Crippen MR) is 82.5 cm³/mol. The summed E-state index contributed by atoms with van der Waals surface area (Å²) in [6.07, 6.45) is 0. The largest absolute Gasteiger partial charge is 0.398 e. The van der Waals surface area contributed by atoms with E-state index in [0.717, 1.165) is 6.07 Å². The Hall–Kier alpha value is -1.79. The molecular formula is C14H14ClFN2O2S. The van der Waals surface area contributed by atoms with Crippen molar-refractivity contribution < 1.29 is 12.8 Å². The van der Waals surface area contributed by atoms with Crippen LogP contribution in [0.15, 0.2) is 35.2 Å². The van der Waals surface area contributed by atoms with Crippen molar-refractivity contribution in [3.63, 3.8) is 0 Å². The lowest BCUT2D eigenvalue weighted by Gasteiger charge is -2.11. The predicted octanol–water partition coefficient (Wildman–Crippen LogP) is 3.48. The molecule has 0 bridgehead atoms. The maximum atomic E-state index is 13.3. The van der Waals surface area contributed by atoms with E-state index in [-0.39, 0.29) is 21.3 Å². The smallest absolute Gasteiger partial charge is 0.262 e. The van der Waals surface area contributed by atoms with Gasteiger partial charge in [0.2, 0.25) is 0 Å². The number of hydrogen-bond donors (Lipinski definition) is 2. The van der Waals surface area contributed by atoms with Crippen LogP contribution in [0, 0.1) is 19.7 Å². The molecule has 21 heavy (non-hydrogen) atoms. The molecule has 3 N–H and O–H groups in total. The van der Waals surface area contributed by atoms with E-state index in [1.165, 1.54) is 24.3 Å². The first-order valence-electron chi connectivity index (χ1n) is 6.04. The average Bonchev–Trinajstić information content (AvgIpc) is 2.33. The van der Waals surface area contributed by atoms with Crippen LogP contribution >= 0.6 is 11.6 Å². The topological polar surface area (TPSA) is 72.2 Å². The number of nitrogen functional groups attached to an aromatic ring is 1. The first-order chi connectivity index (χ1) is 9.69. The molecule has 0 aliphatic heterocycles. The van der Waals surface area contributed by atoms with Crippen LogP contribution in [0.2, 0.25) is 5.02 Å². The second kappa shape index (κ2) is 5.54. The van der Waals surface area contributed by atoms with E-state index in [1.807, 2.05) is 0 Å². The average molecular weight is 329 g/mol. The van der Waals surface area contributed by atoms with Gasteiger partial charge in [-0.15, -0.1) is 0 Å². The molecule has 0 saturated carbocycles. The molecule has 112 valence electrons. The van der Waals surface area contributed by atoms with Gasteiger partial charge in [0, 0.05) is 10.7 Å². The van der Waals surface area contributed by atoms with E-state index < -0.39 is 15.8 Å². The van der Waals surface area contributed by atoms with Gasteiger partial charge in [-0.1, -0.05) is 11.6 Å². The van der Waals surface area contributed by atoms with Crippen molar-refractivity contribution in [2.45, 2.75) is 18.7 Å². The molecule has 2 aromatic carbocycles. The summed E-state index contributed by atoms with van der Waals surface area (Å²) in [4.78, 5) is -0.0717. The van der Waals surface area contributed by atoms with Gasteiger partial charge in [0.15, 0.2) is 0 Å². The number of benzene rings is 2. The van der Waals surface area contributed by atoms with E-state index in [4.69, 9.17) is 17.3 Å². The fraction of sp³-hybridized carbons (Fsp3) is 0.143. The normalized spacial score (nSPS) is 11.4. The van der Waals surface area contributed by atoms with Crippen LogP contribution in [-0.4, -0.2) is 8.42 Å². The van der Waals surface area contributed by atoms with Crippen molar-refractivity contribution in [2.75, 3.05) is 10.5 Å². The van der Waals surface area contributed by atoms with Crippen LogP contribution in [0.25, 0.3) is 0 Å². The molecule has 0 aliphatic carbocycles. The number of rotatable bonds is 3. The number of nitrogens with one attached hydrogen (secondary N) is 1. The van der Waals surface area contributed by atoms with Gasteiger partial charge < -0.3 is 5.73 Å². The minimum Gasteiger partial charge on any atom is -0.398 e. The fourth-order valence-corrected chi connectivity index (χ4v) is 3.23. The van der Waals surface area contributed by atoms with Crippen LogP contribution in [0.4, 0.5) is 15.8 Å². The molecule has 7 heteroatoms. The Morgan fingerprint density at radius 1 is 1.14 bits per heavy atom. The number of halogens is 2. The number of aryl methyl sites for hydroxylation is 1. The maximum absolute atomic E-state index is 13.3. The minimum atomic E-state index is -3.89. The van der Waals surface area contributed by atoms with Crippen LogP contribution in [-0.2, 0) is 10.0 Å². The summed E-state index contributed by atoms with van der Waals surface area (Å²) in [6, 6.07) is 6.56. The lowest BCUT2D eigenvalue weighted by atomic mass is 10.2. The summed E-state index contributed by atoms with van der Waals surface area (Å²) in [5.41, 5.74) is 7.35. The molecular weight excluding hydrogens is 315 g/mol. The molecule has 0 spiro atoms. The Balaban J connectivity index is 2.43. The molecule has 0 aromatic heterocycles. The van der Waals surface area contributed by atoms with E-state index in [1.54, 1.807) is 13.8 Å². The van der Waals surface area contributed by atoms with Gasteiger partial charge >= 0.3 is 0 Å². The van der Waals surface area contributed by atoms with Crippen LogP contribution in [0.5, 0.6) is 0 Å². The van der Waals surface area contributed by atoms with Crippen molar-refractivity contribution in [1.29, 1.82) is 0 Å². The van der Waals surface area contributed by atoms with Crippen LogP contribution in [0.1, 0.15) is 11.1 Å². The molecule has 4 nitrogen and oxygen atoms in total. The summed E-state index contributed by atoms with van der Waals surface area (Å²) < 4.78 is 40.2. The van der Waals surface area contributed by atoms with Crippen molar-refractivity contribution >= 4 is 33.0 Å². The highest BCUT2D eigenvalue weighted by Gasteiger charge is 2.17. The van der Waals surface area contributed by atoms with Crippen molar-refractivity contribution in [3.8, 4) is 0 Å². The highest BCUT2D eigenvalue weighted by Crippen LogP contribution is 2.27. The second-order valence-electron chi connectivity index (χ2n) is 4.74. The fourth-order valence-electron chi connectivity index (χ4n) is 1.84. The zero-order valence-electron chi connectivity index (χ0n) is 11.4. The number of nitrogens with two attached hydrogens (primary N) is 1. The summed E-state index contributed by atoms with van der Waals surface area (Å²) >= 11 is 5.95. The van der Waals surface area contributed by atoms with E-state index >= 15 is 0 Å². The molecule has 2 aromatic rings. The third kappa shape index (κ3) is 3.46. The van der Waals surface area contributed by atoms with Gasteiger partial charge in [0.1, 0.15) is 5.82 Å². The van der Waals surface area contributed by atoms with Gasteiger partial charge in [-0.25, -0.2) is 12.8 Å².